The van der Waals surface area contributed by atoms with Crippen LogP contribution in [0.3, 0.4) is 0 Å². The van der Waals surface area contributed by atoms with Crippen molar-refractivity contribution in [1.82, 2.24) is 5.32 Å². The van der Waals surface area contributed by atoms with Gasteiger partial charge in [0, 0.05) is 5.39 Å². The fourth-order valence-electron chi connectivity index (χ4n) is 1.65. The van der Waals surface area contributed by atoms with Gasteiger partial charge >= 0.3 is 6.03 Å². The second kappa shape index (κ2) is 5.51. The lowest BCUT2D eigenvalue weighted by atomic mass is 10.1. The van der Waals surface area contributed by atoms with Crippen molar-refractivity contribution in [2.24, 2.45) is 0 Å². The first-order chi connectivity index (χ1) is 8.70. The molecule has 2 aromatic rings. The number of amides is 3. The standard InChI is InChI=1S/C13H11ClN2O2/c14-8-12(17)16-13(18)15-11-7-3-5-9-4-1-2-6-10(9)11/h1-7H,8H2,(H2,15,16,17,18). The predicted octanol–water partition coefficient (Wildman–Crippen LogP) is 2.73. The first kappa shape index (κ1) is 12.4. The SMILES string of the molecule is O=C(CCl)NC(=O)Nc1cccc2ccccc12. The second-order valence-corrected chi connectivity index (χ2v) is 3.93. The molecule has 0 unspecified atom stereocenters. The highest BCUT2D eigenvalue weighted by Gasteiger charge is 2.08. The van der Waals surface area contributed by atoms with E-state index in [1.54, 1.807) is 6.07 Å². The van der Waals surface area contributed by atoms with Crippen LogP contribution < -0.4 is 10.6 Å². The van der Waals surface area contributed by atoms with Crippen LogP contribution in [-0.2, 0) is 4.79 Å². The number of alkyl halides is 1. The van der Waals surface area contributed by atoms with Gasteiger partial charge in [-0.25, -0.2) is 4.79 Å². The summed E-state index contributed by atoms with van der Waals surface area (Å²) in [6.45, 7) is 0. The molecule has 0 bridgehead atoms. The van der Waals surface area contributed by atoms with E-state index in [4.69, 9.17) is 11.6 Å². The van der Waals surface area contributed by atoms with Gasteiger partial charge in [0.2, 0.25) is 5.91 Å². The first-order valence-electron chi connectivity index (χ1n) is 5.35. The summed E-state index contributed by atoms with van der Waals surface area (Å²) >= 11 is 5.30. The Morgan fingerprint density at radius 3 is 2.56 bits per heavy atom. The molecule has 18 heavy (non-hydrogen) atoms. The largest absolute Gasteiger partial charge is 0.325 e. The molecule has 0 fully saturated rings. The topological polar surface area (TPSA) is 58.2 Å². The lowest BCUT2D eigenvalue weighted by Crippen LogP contribution is -2.35. The molecule has 0 aliphatic heterocycles. The number of hydrogen-bond acceptors (Lipinski definition) is 2. The van der Waals surface area contributed by atoms with E-state index in [0.717, 1.165) is 10.8 Å². The molecule has 0 saturated heterocycles. The number of urea groups is 1. The van der Waals surface area contributed by atoms with Gasteiger partial charge in [-0.15, -0.1) is 11.6 Å². The Morgan fingerprint density at radius 1 is 1.06 bits per heavy atom. The lowest BCUT2D eigenvalue weighted by Gasteiger charge is -2.08. The number of imide groups is 1. The molecule has 0 heterocycles. The molecule has 92 valence electrons. The zero-order valence-electron chi connectivity index (χ0n) is 9.44. The molecular weight excluding hydrogens is 252 g/mol. The maximum absolute atomic E-state index is 11.5. The number of carbonyl (C=O) groups is 2. The Kier molecular flexibility index (Phi) is 3.79. The zero-order chi connectivity index (χ0) is 13.0. The van der Waals surface area contributed by atoms with E-state index in [1.165, 1.54) is 0 Å². The smallest absolute Gasteiger partial charge is 0.307 e. The monoisotopic (exact) mass is 262 g/mol. The Bertz CT molecular complexity index is 593. The molecule has 0 atom stereocenters. The summed E-state index contributed by atoms with van der Waals surface area (Å²) in [5.41, 5.74) is 0.646. The molecule has 0 spiro atoms. The molecule has 0 aromatic heterocycles. The Labute approximate surface area is 109 Å². The van der Waals surface area contributed by atoms with E-state index < -0.39 is 11.9 Å². The zero-order valence-corrected chi connectivity index (χ0v) is 10.2. The Hall–Kier alpha value is -2.07. The third-order valence-electron chi connectivity index (χ3n) is 2.41. The van der Waals surface area contributed by atoms with Gasteiger partial charge in [0.1, 0.15) is 5.88 Å². The number of carbonyl (C=O) groups excluding carboxylic acids is 2. The fourth-order valence-corrected chi connectivity index (χ4v) is 1.71. The van der Waals surface area contributed by atoms with Crippen molar-refractivity contribution in [3.8, 4) is 0 Å². The average molecular weight is 263 g/mol. The van der Waals surface area contributed by atoms with Crippen molar-refractivity contribution in [1.29, 1.82) is 0 Å². The Balaban J connectivity index is 2.21. The summed E-state index contributed by atoms with van der Waals surface area (Å²) in [6, 6.07) is 12.6. The van der Waals surface area contributed by atoms with Gasteiger partial charge in [-0.3, -0.25) is 10.1 Å². The average Bonchev–Trinajstić information content (AvgIpc) is 2.39. The summed E-state index contributed by atoms with van der Waals surface area (Å²) in [5, 5.41) is 6.67. The van der Waals surface area contributed by atoms with Crippen molar-refractivity contribution in [2.45, 2.75) is 0 Å². The first-order valence-corrected chi connectivity index (χ1v) is 5.88. The predicted molar refractivity (Wildman–Crippen MR) is 71.8 cm³/mol. The summed E-state index contributed by atoms with van der Waals surface area (Å²) in [7, 11) is 0. The highest BCUT2D eigenvalue weighted by Crippen LogP contribution is 2.22. The summed E-state index contributed by atoms with van der Waals surface area (Å²) < 4.78 is 0. The molecule has 2 N–H and O–H groups in total. The molecule has 3 amide bonds. The van der Waals surface area contributed by atoms with E-state index in [1.807, 2.05) is 36.4 Å². The van der Waals surface area contributed by atoms with Gasteiger partial charge in [0.25, 0.3) is 0 Å². The third kappa shape index (κ3) is 2.78. The van der Waals surface area contributed by atoms with E-state index in [2.05, 4.69) is 10.6 Å². The normalized spacial score (nSPS) is 10.1. The molecule has 0 radical (unpaired) electrons. The van der Waals surface area contributed by atoms with Crippen molar-refractivity contribution in [3.05, 3.63) is 42.5 Å². The molecular formula is C13H11ClN2O2. The molecule has 0 saturated carbocycles. The molecule has 0 aliphatic carbocycles. The van der Waals surface area contributed by atoms with Crippen LogP contribution in [0.25, 0.3) is 10.8 Å². The van der Waals surface area contributed by atoms with Gasteiger partial charge in [0.05, 0.1) is 5.69 Å². The summed E-state index contributed by atoms with van der Waals surface area (Å²) in [5.74, 6) is -0.780. The van der Waals surface area contributed by atoms with Gasteiger partial charge < -0.3 is 5.32 Å². The number of nitrogens with one attached hydrogen (secondary N) is 2. The van der Waals surface area contributed by atoms with Crippen LogP contribution in [0.4, 0.5) is 10.5 Å². The number of hydrogen-bond donors (Lipinski definition) is 2. The molecule has 2 rings (SSSR count). The maximum Gasteiger partial charge on any atom is 0.325 e. The maximum atomic E-state index is 11.5. The minimum Gasteiger partial charge on any atom is -0.307 e. The summed E-state index contributed by atoms with van der Waals surface area (Å²) in [6.07, 6.45) is 0. The number of anilines is 1. The highest BCUT2D eigenvalue weighted by atomic mass is 35.5. The number of benzene rings is 2. The van der Waals surface area contributed by atoms with Crippen molar-refractivity contribution in [2.75, 3.05) is 11.2 Å². The number of fused-ring (bicyclic) bond motifs is 1. The third-order valence-corrected chi connectivity index (χ3v) is 2.65. The van der Waals surface area contributed by atoms with E-state index >= 15 is 0 Å². The van der Waals surface area contributed by atoms with Crippen LogP contribution in [0.2, 0.25) is 0 Å². The van der Waals surface area contributed by atoms with Crippen LogP contribution in [-0.4, -0.2) is 17.8 Å². The number of halogens is 1. The van der Waals surface area contributed by atoms with Crippen LogP contribution in [0.5, 0.6) is 0 Å². The van der Waals surface area contributed by atoms with Crippen molar-refractivity contribution >= 4 is 40.0 Å². The fraction of sp³-hybridized carbons (Fsp3) is 0.0769. The lowest BCUT2D eigenvalue weighted by molar-refractivity contribution is -0.117. The van der Waals surface area contributed by atoms with Crippen molar-refractivity contribution in [3.63, 3.8) is 0 Å². The van der Waals surface area contributed by atoms with Gasteiger partial charge in [-0.1, -0.05) is 36.4 Å². The minimum absolute atomic E-state index is 0.247. The quantitative estimate of drug-likeness (QED) is 0.818. The van der Waals surface area contributed by atoms with E-state index in [0.29, 0.717) is 5.69 Å². The number of rotatable bonds is 2. The van der Waals surface area contributed by atoms with Gasteiger partial charge in [-0.05, 0) is 11.5 Å². The Morgan fingerprint density at radius 2 is 1.78 bits per heavy atom. The minimum atomic E-state index is -0.586. The van der Waals surface area contributed by atoms with Gasteiger partial charge in [-0.2, -0.15) is 0 Å². The molecule has 0 aliphatic rings. The van der Waals surface area contributed by atoms with Crippen LogP contribution in [0.1, 0.15) is 0 Å². The van der Waals surface area contributed by atoms with Crippen LogP contribution in [0, 0.1) is 0 Å². The van der Waals surface area contributed by atoms with E-state index in [9.17, 15) is 9.59 Å². The highest BCUT2D eigenvalue weighted by molar-refractivity contribution is 6.28. The van der Waals surface area contributed by atoms with Crippen molar-refractivity contribution < 1.29 is 9.59 Å². The van der Waals surface area contributed by atoms with Crippen LogP contribution in [0.15, 0.2) is 42.5 Å². The molecule has 2 aromatic carbocycles. The molecule has 4 nitrogen and oxygen atoms in total. The molecule has 5 heteroatoms. The van der Waals surface area contributed by atoms with E-state index in [-0.39, 0.29) is 5.88 Å². The van der Waals surface area contributed by atoms with Crippen LogP contribution >= 0.6 is 11.6 Å². The van der Waals surface area contributed by atoms with Gasteiger partial charge in [0.15, 0.2) is 0 Å². The summed E-state index contributed by atoms with van der Waals surface area (Å²) in [4.78, 5) is 22.5. The second-order valence-electron chi connectivity index (χ2n) is 3.66.